The summed E-state index contributed by atoms with van der Waals surface area (Å²) in [6.07, 6.45) is 1.12. The highest BCUT2D eigenvalue weighted by Crippen LogP contribution is 2.12. The summed E-state index contributed by atoms with van der Waals surface area (Å²) < 4.78 is 15.1. The Balaban J connectivity index is 0.000000202. The van der Waals surface area contributed by atoms with Crippen molar-refractivity contribution in [2.45, 2.75) is 31.1 Å². The Kier molecular flexibility index (Phi) is 7.45. The van der Waals surface area contributed by atoms with Crippen molar-refractivity contribution in [3.8, 4) is 0 Å². The number of likely N-dealkylation sites (N-methyl/N-ethyl adjacent to an activating group) is 1. The Labute approximate surface area is 117 Å². The van der Waals surface area contributed by atoms with Crippen LogP contribution in [-0.2, 0) is 23.8 Å². The third kappa shape index (κ3) is 8.81. The second kappa shape index (κ2) is 8.85. The van der Waals surface area contributed by atoms with Crippen LogP contribution in [0.4, 0.5) is 0 Å². The van der Waals surface area contributed by atoms with Crippen molar-refractivity contribution in [1.82, 2.24) is 5.32 Å². The minimum Gasteiger partial charge on any atom is -0.480 e. The molecule has 8 heteroatoms. The number of hydrogen-bond donors (Lipinski definition) is 3. The molecule has 0 aromatic carbocycles. The first-order valence-electron chi connectivity index (χ1n) is 6.52. The molecule has 4 N–H and O–H groups in total. The maximum atomic E-state index is 10.3. The first-order valence-corrected chi connectivity index (χ1v) is 6.52. The first-order chi connectivity index (χ1) is 9.52. The maximum Gasteiger partial charge on any atom is 0.320 e. The van der Waals surface area contributed by atoms with Gasteiger partial charge in [0.25, 0.3) is 0 Å². The summed E-state index contributed by atoms with van der Waals surface area (Å²) in [5.41, 5.74) is 4.84. The van der Waals surface area contributed by atoms with E-state index < -0.39 is 17.9 Å². The lowest BCUT2D eigenvalue weighted by molar-refractivity contribution is -0.139. The van der Waals surface area contributed by atoms with Gasteiger partial charge >= 0.3 is 5.97 Å². The quantitative estimate of drug-likeness (QED) is 0.452. The van der Waals surface area contributed by atoms with E-state index in [1.165, 1.54) is 7.05 Å². The number of primary amides is 1. The lowest BCUT2D eigenvalue weighted by Gasteiger charge is -2.08. The smallest absolute Gasteiger partial charge is 0.320 e. The van der Waals surface area contributed by atoms with Gasteiger partial charge in [0.1, 0.15) is 18.2 Å². The molecular weight excluding hydrogens is 268 g/mol. The second-order valence-electron chi connectivity index (χ2n) is 4.63. The Bertz CT molecular complexity index is 305. The molecule has 116 valence electrons. The number of epoxide rings is 2. The van der Waals surface area contributed by atoms with Gasteiger partial charge in [0, 0.05) is 6.42 Å². The number of carboxylic acid groups (broad SMARTS) is 1. The molecule has 0 radical (unpaired) electrons. The Morgan fingerprint density at radius 2 is 1.85 bits per heavy atom. The molecule has 0 spiro atoms. The van der Waals surface area contributed by atoms with Crippen LogP contribution < -0.4 is 11.1 Å². The van der Waals surface area contributed by atoms with E-state index in [4.69, 9.17) is 25.1 Å². The van der Waals surface area contributed by atoms with Gasteiger partial charge in [-0.25, -0.2) is 0 Å². The summed E-state index contributed by atoms with van der Waals surface area (Å²) >= 11 is 0. The van der Waals surface area contributed by atoms with Gasteiger partial charge in [-0.2, -0.15) is 0 Å². The SMILES string of the molecule is C(OCC1CO1)C1CO1.CNC(CCC(N)=O)C(=O)O. The van der Waals surface area contributed by atoms with Gasteiger partial charge in [0.2, 0.25) is 5.91 Å². The van der Waals surface area contributed by atoms with Crippen LogP contribution in [-0.4, -0.2) is 68.7 Å². The van der Waals surface area contributed by atoms with Crippen molar-refractivity contribution < 1.29 is 28.9 Å². The molecular formula is C12H22N2O6. The van der Waals surface area contributed by atoms with E-state index in [0.717, 1.165) is 26.4 Å². The highest BCUT2D eigenvalue weighted by atomic mass is 16.6. The van der Waals surface area contributed by atoms with Crippen LogP contribution in [0, 0.1) is 0 Å². The third-order valence-corrected chi connectivity index (χ3v) is 2.74. The third-order valence-electron chi connectivity index (χ3n) is 2.74. The average molecular weight is 290 g/mol. The molecule has 3 unspecified atom stereocenters. The average Bonchev–Trinajstić information content (AvgIpc) is 3.24. The molecule has 3 atom stereocenters. The van der Waals surface area contributed by atoms with Crippen molar-refractivity contribution >= 4 is 11.9 Å². The Morgan fingerprint density at radius 3 is 2.15 bits per heavy atom. The van der Waals surface area contributed by atoms with Crippen LogP contribution >= 0.6 is 0 Å². The van der Waals surface area contributed by atoms with E-state index >= 15 is 0 Å². The molecule has 0 saturated carbocycles. The standard InChI is InChI=1S/C6H12N2O3.C6H10O3/c1-8-4(6(10)11)2-3-5(7)9;1(5-3-8-5)7-2-6-4-9-6/h4,8H,2-3H2,1H3,(H2,7,9)(H,10,11);5-6H,1-4H2. The summed E-state index contributed by atoms with van der Waals surface area (Å²) in [5.74, 6) is -1.44. The number of rotatable bonds is 9. The number of nitrogens with two attached hydrogens (primary N) is 1. The number of hydrogen-bond acceptors (Lipinski definition) is 6. The number of ether oxygens (including phenoxy) is 3. The van der Waals surface area contributed by atoms with Gasteiger partial charge in [0.15, 0.2) is 0 Å². The van der Waals surface area contributed by atoms with Gasteiger partial charge < -0.3 is 30.4 Å². The van der Waals surface area contributed by atoms with E-state index in [9.17, 15) is 9.59 Å². The van der Waals surface area contributed by atoms with E-state index in [2.05, 4.69) is 5.32 Å². The second-order valence-corrected chi connectivity index (χ2v) is 4.63. The van der Waals surface area contributed by atoms with Gasteiger partial charge in [-0.1, -0.05) is 0 Å². The molecule has 20 heavy (non-hydrogen) atoms. The molecule has 2 fully saturated rings. The largest absolute Gasteiger partial charge is 0.480 e. The lowest BCUT2D eigenvalue weighted by Crippen LogP contribution is -2.34. The molecule has 0 aliphatic carbocycles. The van der Waals surface area contributed by atoms with Crippen LogP contribution in [0.5, 0.6) is 0 Å². The Hall–Kier alpha value is -1.22. The molecule has 8 nitrogen and oxygen atoms in total. The first kappa shape index (κ1) is 16.8. The molecule has 0 bridgehead atoms. The summed E-state index contributed by atoms with van der Waals surface area (Å²) in [6.45, 7) is 3.26. The fraction of sp³-hybridized carbons (Fsp3) is 0.833. The predicted octanol–water partition coefficient (Wildman–Crippen LogP) is -1.27. The van der Waals surface area contributed by atoms with Crippen molar-refractivity contribution in [3.05, 3.63) is 0 Å². The zero-order valence-electron chi connectivity index (χ0n) is 11.5. The van der Waals surface area contributed by atoms with E-state index in [-0.39, 0.29) is 12.8 Å². The van der Waals surface area contributed by atoms with Crippen molar-refractivity contribution in [2.24, 2.45) is 5.73 Å². The number of carbonyl (C=O) groups excluding carboxylic acids is 1. The minimum atomic E-state index is -0.964. The summed E-state index contributed by atoms with van der Waals surface area (Å²) in [7, 11) is 1.53. The number of aliphatic carboxylic acids is 1. The van der Waals surface area contributed by atoms with Crippen molar-refractivity contribution in [2.75, 3.05) is 33.5 Å². The van der Waals surface area contributed by atoms with Crippen LogP contribution in [0.2, 0.25) is 0 Å². The number of nitrogens with one attached hydrogen (secondary N) is 1. The highest BCUT2D eigenvalue weighted by Gasteiger charge is 2.26. The monoisotopic (exact) mass is 290 g/mol. The van der Waals surface area contributed by atoms with Gasteiger partial charge in [-0.15, -0.1) is 0 Å². The Morgan fingerprint density at radius 1 is 1.35 bits per heavy atom. The van der Waals surface area contributed by atoms with E-state index in [0.29, 0.717) is 12.2 Å². The van der Waals surface area contributed by atoms with Gasteiger partial charge in [-0.3, -0.25) is 9.59 Å². The van der Waals surface area contributed by atoms with Crippen LogP contribution in [0.1, 0.15) is 12.8 Å². The van der Waals surface area contributed by atoms with Crippen molar-refractivity contribution in [3.63, 3.8) is 0 Å². The summed E-state index contributed by atoms with van der Waals surface area (Å²) in [5, 5.41) is 11.0. The molecule has 2 rings (SSSR count). The molecule has 2 aliphatic rings. The minimum absolute atomic E-state index is 0.0950. The zero-order chi connectivity index (χ0) is 15.0. The molecule has 2 saturated heterocycles. The van der Waals surface area contributed by atoms with Crippen LogP contribution in [0.25, 0.3) is 0 Å². The van der Waals surface area contributed by atoms with Crippen LogP contribution in [0.3, 0.4) is 0 Å². The van der Waals surface area contributed by atoms with E-state index in [1.54, 1.807) is 0 Å². The summed E-state index contributed by atoms with van der Waals surface area (Å²) in [6, 6.07) is -0.678. The highest BCUT2D eigenvalue weighted by molar-refractivity contribution is 5.77. The fourth-order valence-corrected chi connectivity index (χ4v) is 1.34. The number of amides is 1. The number of carbonyl (C=O) groups is 2. The molecule has 2 aliphatic heterocycles. The topological polar surface area (TPSA) is 127 Å². The predicted molar refractivity (Wildman–Crippen MR) is 69.2 cm³/mol. The molecule has 0 aromatic heterocycles. The van der Waals surface area contributed by atoms with Gasteiger partial charge in [0.05, 0.1) is 26.4 Å². The molecule has 1 amide bonds. The fourth-order valence-electron chi connectivity index (χ4n) is 1.34. The van der Waals surface area contributed by atoms with E-state index in [1.807, 2.05) is 0 Å². The van der Waals surface area contributed by atoms with Crippen molar-refractivity contribution in [1.29, 1.82) is 0 Å². The normalized spacial score (nSPS) is 24.2. The van der Waals surface area contributed by atoms with Crippen LogP contribution in [0.15, 0.2) is 0 Å². The van der Waals surface area contributed by atoms with Gasteiger partial charge in [-0.05, 0) is 13.5 Å². The maximum absolute atomic E-state index is 10.3. The number of carboxylic acids is 1. The molecule has 2 heterocycles. The lowest BCUT2D eigenvalue weighted by atomic mass is 10.1. The molecule has 0 aromatic rings. The zero-order valence-corrected chi connectivity index (χ0v) is 11.5. The summed E-state index contributed by atoms with van der Waals surface area (Å²) in [4.78, 5) is 20.6.